The summed E-state index contributed by atoms with van der Waals surface area (Å²) in [5.74, 6) is 0. The minimum Gasteiger partial charge on any atom is -0.333 e. The van der Waals surface area contributed by atoms with Gasteiger partial charge in [-0.1, -0.05) is 65.7 Å². The highest BCUT2D eigenvalue weighted by Crippen LogP contribution is 2.36. The van der Waals surface area contributed by atoms with E-state index in [2.05, 4.69) is 26.1 Å². The average molecular weight is 296 g/mol. The molecule has 1 N–H and O–H groups in total. The minimum absolute atomic E-state index is 0.0990. The van der Waals surface area contributed by atoms with E-state index in [1.807, 2.05) is 11.9 Å². The van der Waals surface area contributed by atoms with E-state index in [1.54, 1.807) is 0 Å². The normalized spacial score (nSPS) is 21.4. The van der Waals surface area contributed by atoms with Crippen molar-refractivity contribution in [1.29, 1.82) is 0 Å². The van der Waals surface area contributed by atoms with Crippen molar-refractivity contribution in [1.82, 2.24) is 10.2 Å². The average Bonchev–Trinajstić information content (AvgIpc) is 2.73. The molecule has 124 valence electrons. The van der Waals surface area contributed by atoms with Gasteiger partial charge in [-0.15, -0.1) is 0 Å². The highest BCUT2D eigenvalue weighted by molar-refractivity contribution is 5.76. The second-order valence-electron chi connectivity index (χ2n) is 7.31. The molecule has 0 bridgehead atoms. The Labute approximate surface area is 131 Å². The first-order valence-electron chi connectivity index (χ1n) is 9.02. The van der Waals surface area contributed by atoms with Crippen LogP contribution in [-0.4, -0.2) is 30.6 Å². The molecular weight excluding hydrogens is 260 g/mol. The lowest BCUT2D eigenvalue weighted by Crippen LogP contribution is -2.33. The number of unbranched alkanes of at least 4 members (excludes halogenated alkanes) is 5. The Morgan fingerprint density at radius 1 is 1.10 bits per heavy atom. The Hall–Kier alpha value is -0.730. The first kappa shape index (κ1) is 18.3. The van der Waals surface area contributed by atoms with E-state index in [-0.39, 0.29) is 6.03 Å². The fourth-order valence-corrected chi connectivity index (χ4v) is 3.56. The van der Waals surface area contributed by atoms with Gasteiger partial charge in [0.2, 0.25) is 0 Å². The molecule has 1 rings (SSSR count). The molecule has 3 heteroatoms. The third-order valence-electron chi connectivity index (χ3n) is 4.93. The molecule has 0 aromatic heterocycles. The van der Waals surface area contributed by atoms with E-state index in [9.17, 15) is 4.79 Å². The van der Waals surface area contributed by atoms with Crippen molar-refractivity contribution in [3.8, 4) is 0 Å². The summed E-state index contributed by atoms with van der Waals surface area (Å²) in [5, 5.41) is 3.14. The van der Waals surface area contributed by atoms with Gasteiger partial charge < -0.3 is 10.2 Å². The van der Waals surface area contributed by atoms with E-state index in [0.717, 1.165) is 13.0 Å². The standard InChI is InChI=1S/C18H36N2O/c1-5-7-9-11-13-18(3,12-10-8-6-2)14-16-15-20(4)17(21)19-16/h16H,5-15H2,1-4H3,(H,19,21). The monoisotopic (exact) mass is 296 g/mol. The molecular formula is C18H36N2O. The van der Waals surface area contributed by atoms with Crippen LogP contribution in [0.15, 0.2) is 0 Å². The van der Waals surface area contributed by atoms with E-state index >= 15 is 0 Å². The quantitative estimate of drug-likeness (QED) is 0.537. The van der Waals surface area contributed by atoms with Gasteiger partial charge in [-0.05, 0) is 24.7 Å². The first-order chi connectivity index (χ1) is 10.0. The first-order valence-corrected chi connectivity index (χ1v) is 9.02. The van der Waals surface area contributed by atoms with Crippen molar-refractivity contribution in [2.45, 2.75) is 91.0 Å². The number of rotatable bonds is 11. The van der Waals surface area contributed by atoms with Crippen molar-refractivity contribution in [2.75, 3.05) is 13.6 Å². The topological polar surface area (TPSA) is 32.3 Å². The van der Waals surface area contributed by atoms with Crippen LogP contribution in [0.25, 0.3) is 0 Å². The van der Waals surface area contributed by atoms with E-state index < -0.39 is 0 Å². The van der Waals surface area contributed by atoms with Gasteiger partial charge in [0, 0.05) is 19.6 Å². The highest BCUT2D eigenvalue weighted by atomic mass is 16.2. The Kier molecular flexibility index (Phi) is 8.13. The van der Waals surface area contributed by atoms with Crippen molar-refractivity contribution in [3.63, 3.8) is 0 Å². The number of carbonyl (C=O) groups excluding carboxylic acids is 1. The van der Waals surface area contributed by atoms with Crippen LogP contribution in [0.5, 0.6) is 0 Å². The second kappa shape index (κ2) is 9.32. The molecule has 2 unspecified atom stereocenters. The fourth-order valence-electron chi connectivity index (χ4n) is 3.56. The Bertz CT molecular complexity index is 306. The van der Waals surface area contributed by atoms with Gasteiger partial charge in [-0.25, -0.2) is 4.79 Å². The maximum atomic E-state index is 11.6. The third kappa shape index (κ3) is 6.71. The predicted octanol–water partition coefficient (Wildman–Crippen LogP) is 4.96. The summed E-state index contributed by atoms with van der Waals surface area (Å²) in [5.41, 5.74) is 0.395. The minimum atomic E-state index is 0.0990. The summed E-state index contributed by atoms with van der Waals surface area (Å²) in [6.45, 7) is 7.85. The largest absolute Gasteiger partial charge is 0.333 e. The third-order valence-corrected chi connectivity index (χ3v) is 4.93. The maximum absolute atomic E-state index is 11.6. The molecule has 0 aliphatic carbocycles. The zero-order valence-electron chi connectivity index (χ0n) is 14.7. The molecule has 0 aromatic carbocycles. The number of urea groups is 1. The van der Waals surface area contributed by atoms with Crippen LogP contribution in [0.3, 0.4) is 0 Å². The lowest BCUT2D eigenvalue weighted by Gasteiger charge is -2.32. The van der Waals surface area contributed by atoms with Crippen LogP contribution in [0.4, 0.5) is 4.79 Å². The van der Waals surface area contributed by atoms with Crippen molar-refractivity contribution in [2.24, 2.45) is 5.41 Å². The summed E-state index contributed by atoms with van der Waals surface area (Å²) in [6.07, 6.45) is 13.1. The molecule has 1 fully saturated rings. The number of amides is 2. The number of nitrogens with zero attached hydrogens (tertiary/aromatic N) is 1. The van der Waals surface area contributed by atoms with Crippen LogP contribution < -0.4 is 5.32 Å². The van der Waals surface area contributed by atoms with E-state index in [0.29, 0.717) is 11.5 Å². The molecule has 1 heterocycles. The second-order valence-corrected chi connectivity index (χ2v) is 7.31. The van der Waals surface area contributed by atoms with Crippen LogP contribution >= 0.6 is 0 Å². The lowest BCUT2D eigenvalue weighted by atomic mass is 9.75. The maximum Gasteiger partial charge on any atom is 0.317 e. The molecule has 0 radical (unpaired) electrons. The van der Waals surface area contributed by atoms with Gasteiger partial charge in [-0.3, -0.25) is 0 Å². The van der Waals surface area contributed by atoms with Crippen LogP contribution in [-0.2, 0) is 0 Å². The van der Waals surface area contributed by atoms with Gasteiger partial charge >= 0.3 is 6.03 Å². The van der Waals surface area contributed by atoms with Gasteiger partial charge in [0.1, 0.15) is 0 Å². The fraction of sp³-hybridized carbons (Fsp3) is 0.944. The van der Waals surface area contributed by atoms with Crippen molar-refractivity contribution < 1.29 is 4.79 Å². The van der Waals surface area contributed by atoms with Crippen LogP contribution in [0, 0.1) is 5.41 Å². The van der Waals surface area contributed by atoms with E-state index in [4.69, 9.17) is 0 Å². The van der Waals surface area contributed by atoms with Crippen LogP contribution in [0.1, 0.15) is 85.0 Å². The zero-order valence-corrected chi connectivity index (χ0v) is 14.7. The molecule has 0 saturated carbocycles. The number of nitrogens with one attached hydrogen (secondary N) is 1. The Balaban J connectivity index is 2.47. The zero-order chi connectivity index (χ0) is 15.7. The van der Waals surface area contributed by atoms with Crippen molar-refractivity contribution >= 4 is 6.03 Å². The van der Waals surface area contributed by atoms with Gasteiger partial charge in [0.05, 0.1) is 0 Å². The molecule has 0 aromatic rings. The van der Waals surface area contributed by atoms with Crippen LogP contribution in [0.2, 0.25) is 0 Å². The number of carbonyl (C=O) groups is 1. The molecule has 1 aliphatic heterocycles. The number of hydrogen-bond donors (Lipinski definition) is 1. The van der Waals surface area contributed by atoms with Gasteiger partial charge in [0.25, 0.3) is 0 Å². The molecule has 1 aliphatic rings. The molecule has 0 spiro atoms. The number of likely N-dealkylation sites (N-methyl/N-ethyl adjacent to an activating group) is 1. The SMILES string of the molecule is CCCCCCC(C)(CCCCC)CC1CN(C)C(=O)N1. The van der Waals surface area contributed by atoms with E-state index in [1.165, 1.54) is 57.8 Å². The summed E-state index contributed by atoms with van der Waals surface area (Å²) in [6, 6.07) is 0.446. The Morgan fingerprint density at radius 2 is 1.67 bits per heavy atom. The lowest BCUT2D eigenvalue weighted by molar-refractivity contribution is 0.208. The smallest absolute Gasteiger partial charge is 0.317 e. The van der Waals surface area contributed by atoms with Gasteiger partial charge in [0.15, 0.2) is 0 Å². The molecule has 3 nitrogen and oxygen atoms in total. The number of hydrogen-bond acceptors (Lipinski definition) is 1. The summed E-state index contributed by atoms with van der Waals surface area (Å²) in [7, 11) is 1.89. The summed E-state index contributed by atoms with van der Waals surface area (Å²) < 4.78 is 0. The molecule has 21 heavy (non-hydrogen) atoms. The molecule has 1 saturated heterocycles. The Morgan fingerprint density at radius 3 is 2.19 bits per heavy atom. The predicted molar refractivity (Wildman–Crippen MR) is 90.6 cm³/mol. The summed E-state index contributed by atoms with van der Waals surface area (Å²) in [4.78, 5) is 13.5. The van der Waals surface area contributed by atoms with Crippen molar-refractivity contribution in [3.05, 3.63) is 0 Å². The summed E-state index contributed by atoms with van der Waals surface area (Å²) >= 11 is 0. The highest BCUT2D eigenvalue weighted by Gasteiger charge is 2.33. The van der Waals surface area contributed by atoms with Gasteiger partial charge in [-0.2, -0.15) is 0 Å². The molecule has 2 atom stereocenters. The molecule has 2 amide bonds.